The minimum atomic E-state index is -0.935. The molecule has 1 unspecified atom stereocenters. The Kier molecular flexibility index (Phi) is 5.11. The number of halogens is 1. The third-order valence-electron chi connectivity index (χ3n) is 4.53. The summed E-state index contributed by atoms with van der Waals surface area (Å²) in [4.78, 5) is 40.9. The summed E-state index contributed by atoms with van der Waals surface area (Å²) in [6, 6.07) is 16.6. The summed E-state index contributed by atoms with van der Waals surface area (Å²) in [7, 11) is 0. The predicted molar refractivity (Wildman–Crippen MR) is 112 cm³/mol. The van der Waals surface area contributed by atoms with Crippen LogP contribution >= 0.6 is 27.3 Å². The molecule has 3 aromatic rings. The van der Waals surface area contributed by atoms with Gasteiger partial charge in [0.15, 0.2) is 0 Å². The maximum absolute atomic E-state index is 13.1. The Hall–Kier alpha value is -2.77. The van der Waals surface area contributed by atoms with Gasteiger partial charge in [0.05, 0.1) is 11.1 Å². The Morgan fingerprint density at radius 2 is 1.61 bits per heavy atom. The number of hydrogen-bond donors (Lipinski definition) is 1. The van der Waals surface area contributed by atoms with Gasteiger partial charge >= 0.3 is 0 Å². The predicted octanol–water partition coefficient (Wildman–Crippen LogP) is 4.36. The van der Waals surface area contributed by atoms with Gasteiger partial charge in [-0.05, 0) is 47.8 Å². The van der Waals surface area contributed by atoms with Crippen molar-refractivity contribution in [1.29, 1.82) is 0 Å². The first kappa shape index (κ1) is 18.6. The topological polar surface area (TPSA) is 66.5 Å². The second-order valence-electron chi connectivity index (χ2n) is 6.32. The molecule has 0 aliphatic carbocycles. The first-order valence-corrected chi connectivity index (χ1v) is 10.3. The van der Waals surface area contributed by atoms with E-state index < -0.39 is 23.8 Å². The van der Waals surface area contributed by atoms with E-state index in [-0.39, 0.29) is 6.42 Å². The second-order valence-corrected chi connectivity index (χ2v) is 8.27. The Balaban J connectivity index is 1.66. The number of carbonyl (C=O) groups excluding carboxylic acids is 3. The fourth-order valence-electron chi connectivity index (χ4n) is 3.17. The van der Waals surface area contributed by atoms with Gasteiger partial charge in [-0.1, -0.05) is 34.1 Å². The quantitative estimate of drug-likeness (QED) is 0.582. The number of carbonyl (C=O) groups is 3. The Morgan fingerprint density at radius 3 is 2.18 bits per heavy atom. The van der Waals surface area contributed by atoms with Crippen molar-refractivity contribution in [2.45, 2.75) is 12.5 Å². The Labute approximate surface area is 174 Å². The van der Waals surface area contributed by atoms with Crippen molar-refractivity contribution in [1.82, 2.24) is 4.90 Å². The minimum Gasteiger partial charge on any atom is -0.324 e. The van der Waals surface area contributed by atoms with Crippen LogP contribution in [-0.2, 0) is 11.2 Å². The molecule has 1 N–H and O–H groups in total. The molecule has 1 aliphatic heterocycles. The van der Waals surface area contributed by atoms with Crippen LogP contribution in [0.2, 0.25) is 0 Å². The highest BCUT2D eigenvalue weighted by Crippen LogP contribution is 2.27. The first-order valence-electron chi connectivity index (χ1n) is 8.60. The van der Waals surface area contributed by atoms with E-state index in [1.54, 1.807) is 36.4 Å². The van der Waals surface area contributed by atoms with Gasteiger partial charge in [-0.2, -0.15) is 0 Å². The fraction of sp³-hybridized carbons (Fsp3) is 0.0952. The van der Waals surface area contributed by atoms with Gasteiger partial charge in [0.1, 0.15) is 6.04 Å². The van der Waals surface area contributed by atoms with Gasteiger partial charge in [-0.3, -0.25) is 19.3 Å². The smallest absolute Gasteiger partial charge is 0.262 e. The van der Waals surface area contributed by atoms with Crippen LogP contribution in [-0.4, -0.2) is 28.7 Å². The molecule has 28 heavy (non-hydrogen) atoms. The summed E-state index contributed by atoms with van der Waals surface area (Å²) in [6.07, 6.45) is 0.269. The number of hydrogen-bond acceptors (Lipinski definition) is 4. The Bertz CT molecular complexity index is 1010. The zero-order chi connectivity index (χ0) is 19.7. The molecule has 0 spiro atoms. The Morgan fingerprint density at radius 1 is 0.964 bits per heavy atom. The van der Waals surface area contributed by atoms with Crippen molar-refractivity contribution in [3.63, 3.8) is 0 Å². The molecule has 1 aliphatic rings. The number of nitrogens with zero attached hydrogens (tertiary/aromatic N) is 1. The molecule has 2 heterocycles. The number of anilines is 1. The van der Waals surface area contributed by atoms with E-state index in [2.05, 4.69) is 21.2 Å². The highest BCUT2D eigenvalue weighted by atomic mass is 79.9. The van der Waals surface area contributed by atoms with Gasteiger partial charge in [-0.15, -0.1) is 11.3 Å². The van der Waals surface area contributed by atoms with Crippen LogP contribution in [0.1, 0.15) is 25.6 Å². The molecule has 140 valence electrons. The van der Waals surface area contributed by atoms with Gasteiger partial charge in [-0.25, -0.2) is 0 Å². The summed E-state index contributed by atoms with van der Waals surface area (Å²) in [5.74, 6) is -1.27. The van der Waals surface area contributed by atoms with Crippen molar-refractivity contribution in [2.24, 2.45) is 0 Å². The lowest BCUT2D eigenvalue weighted by Crippen LogP contribution is -2.48. The molecule has 0 radical (unpaired) electrons. The van der Waals surface area contributed by atoms with Crippen LogP contribution in [0.5, 0.6) is 0 Å². The molecule has 4 rings (SSSR count). The van der Waals surface area contributed by atoms with Crippen LogP contribution in [0.25, 0.3) is 0 Å². The third-order valence-corrected chi connectivity index (χ3v) is 5.95. The number of benzene rings is 2. The number of fused-ring (bicyclic) bond motifs is 1. The zero-order valence-electron chi connectivity index (χ0n) is 14.6. The van der Waals surface area contributed by atoms with Crippen LogP contribution in [0.3, 0.4) is 0 Å². The second kappa shape index (κ2) is 7.69. The van der Waals surface area contributed by atoms with Crippen LogP contribution in [0.15, 0.2) is 70.5 Å². The van der Waals surface area contributed by atoms with Crippen molar-refractivity contribution in [3.8, 4) is 0 Å². The largest absolute Gasteiger partial charge is 0.324 e. The van der Waals surface area contributed by atoms with Crippen molar-refractivity contribution >= 4 is 50.7 Å². The lowest BCUT2D eigenvalue weighted by molar-refractivity contribution is -0.119. The molecular formula is C21H15BrN2O3S. The maximum Gasteiger partial charge on any atom is 0.262 e. The molecule has 1 aromatic heterocycles. The van der Waals surface area contributed by atoms with Gasteiger partial charge in [0, 0.05) is 21.5 Å². The number of nitrogens with one attached hydrogen (secondary N) is 1. The molecule has 0 saturated carbocycles. The monoisotopic (exact) mass is 454 g/mol. The summed E-state index contributed by atoms with van der Waals surface area (Å²) in [5.41, 5.74) is 1.27. The molecular weight excluding hydrogens is 440 g/mol. The van der Waals surface area contributed by atoms with E-state index in [9.17, 15) is 14.4 Å². The van der Waals surface area contributed by atoms with Crippen LogP contribution in [0.4, 0.5) is 5.69 Å². The average molecular weight is 455 g/mol. The molecule has 2 aromatic carbocycles. The average Bonchev–Trinajstić information content (AvgIpc) is 3.29. The van der Waals surface area contributed by atoms with E-state index in [0.717, 1.165) is 14.2 Å². The van der Waals surface area contributed by atoms with Gasteiger partial charge in [0.2, 0.25) is 5.91 Å². The van der Waals surface area contributed by atoms with Gasteiger partial charge < -0.3 is 5.32 Å². The third kappa shape index (κ3) is 3.50. The van der Waals surface area contributed by atoms with E-state index in [0.29, 0.717) is 16.8 Å². The molecule has 0 saturated heterocycles. The van der Waals surface area contributed by atoms with Crippen molar-refractivity contribution in [2.75, 3.05) is 5.32 Å². The summed E-state index contributed by atoms with van der Waals surface area (Å²) < 4.78 is 0.890. The van der Waals surface area contributed by atoms with Crippen molar-refractivity contribution < 1.29 is 14.4 Å². The normalized spacial score (nSPS) is 14.1. The number of thiophene rings is 1. The summed E-state index contributed by atoms with van der Waals surface area (Å²) in [6.45, 7) is 0. The molecule has 0 bridgehead atoms. The van der Waals surface area contributed by atoms with E-state index in [1.165, 1.54) is 11.3 Å². The first-order chi connectivity index (χ1) is 13.5. The number of amides is 3. The molecule has 3 amide bonds. The van der Waals surface area contributed by atoms with Gasteiger partial charge in [0.25, 0.3) is 11.8 Å². The summed E-state index contributed by atoms with van der Waals surface area (Å²) in [5, 5.41) is 4.73. The number of imide groups is 1. The van der Waals surface area contributed by atoms with E-state index in [4.69, 9.17) is 0 Å². The minimum absolute atomic E-state index is 0.269. The molecule has 5 nitrogen and oxygen atoms in total. The highest BCUT2D eigenvalue weighted by molar-refractivity contribution is 9.10. The fourth-order valence-corrected chi connectivity index (χ4v) is 4.18. The van der Waals surface area contributed by atoms with Crippen LogP contribution < -0.4 is 5.32 Å². The lowest BCUT2D eigenvalue weighted by Gasteiger charge is -2.25. The van der Waals surface area contributed by atoms with Crippen LogP contribution in [0, 0.1) is 0 Å². The van der Waals surface area contributed by atoms with Crippen molar-refractivity contribution in [3.05, 3.63) is 86.5 Å². The molecule has 7 heteroatoms. The molecule has 1 atom stereocenters. The maximum atomic E-state index is 13.1. The number of rotatable bonds is 5. The highest BCUT2D eigenvalue weighted by Gasteiger charge is 2.42. The van der Waals surface area contributed by atoms with E-state index >= 15 is 0 Å². The standard InChI is InChI=1S/C21H15BrN2O3S/c22-13-7-9-14(10-8-13)23-19(25)18(12-15-4-3-11-28-15)24-20(26)16-5-1-2-6-17(16)21(24)27/h1-11,18H,12H2,(H,23,25). The molecule has 0 fully saturated rings. The zero-order valence-corrected chi connectivity index (χ0v) is 17.0. The lowest BCUT2D eigenvalue weighted by atomic mass is 10.1. The van der Waals surface area contributed by atoms with E-state index in [1.807, 2.05) is 29.6 Å². The summed E-state index contributed by atoms with van der Waals surface area (Å²) >= 11 is 4.84. The SMILES string of the molecule is O=C(Nc1ccc(Br)cc1)C(Cc1cccs1)N1C(=O)c2ccccc2C1=O.